The summed E-state index contributed by atoms with van der Waals surface area (Å²) in [5.74, 6) is 2.23. The third-order valence-electron chi connectivity index (χ3n) is 2.68. The largest absolute Gasteiger partial charge is 0.374 e. The number of hydrogen-bond donors (Lipinski definition) is 2. The summed E-state index contributed by atoms with van der Waals surface area (Å²) in [7, 11) is 0. The molecule has 1 aromatic heterocycles. The molecular formula is C15H19IN4O. The van der Waals surface area contributed by atoms with Crippen molar-refractivity contribution in [3.63, 3.8) is 0 Å². The van der Waals surface area contributed by atoms with Crippen molar-refractivity contribution in [3.05, 3.63) is 39.7 Å². The molecule has 21 heavy (non-hydrogen) atoms. The van der Waals surface area contributed by atoms with Gasteiger partial charge in [-0.2, -0.15) is 0 Å². The van der Waals surface area contributed by atoms with Crippen LogP contribution in [0, 0.1) is 3.57 Å². The van der Waals surface area contributed by atoms with Gasteiger partial charge in [-0.1, -0.05) is 0 Å². The smallest absolute Gasteiger partial charge is 0.158 e. The molecule has 0 saturated carbocycles. The van der Waals surface area contributed by atoms with Gasteiger partial charge in [-0.05, 0) is 60.7 Å². The zero-order chi connectivity index (χ0) is 15.1. The predicted molar refractivity (Wildman–Crippen MR) is 94.0 cm³/mol. The molecule has 2 aromatic rings. The Labute approximate surface area is 138 Å². The lowest BCUT2D eigenvalue weighted by Gasteiger charge is -2.11. The third-order valence-corrected chi connectivity index (χ3v) is 3.40. The van der Waals surface area contributed by atoms with E-state index in [1.807, 2.05) is 32.0 Å². The lowest BCUT2D eigenvalue weighted by molar-refractivity contribution is 0.128. The molecule has 0 amide bonds. The van der Waals surface area contributed by atoms with Crippen molar-refractivity contribution in [2.24, 2.45) is 0 Å². The van der Waals surface area contributed by atoms with Crippen molar-refractivity contribution < 1.29 is 4.74 Å². The number of ether oxygens (including phenoxy) is 1. The van der Waals surface area contributed by atoms with Gasteiger partial charge in [0, 0.05) is 28.5 Å². The summed E-state index contributed by atoms with van der Waals surface area (Å²) in [6.07, 6.45) is 0. The molecule has 0 aliphatic heterocycles. The normalized spacial score (nSPS) is 10.4. The van der Waals surface area contributed by atoms with Gasteiger partial charge >= 0.3 is 0 Å². The Hall–Kier alpha value is -1.41. The maximum Gasteiger partial charge on any atom is 0.158 e. The Morgan fingerprint density at radius 1 is 1.10 bits per heavy atom. The van der Waals surface area contributed by atoms with E-state index in [-0.39, 0.29) is 0 Å². The van der Waals surface area contributed by atoms with Crippen molar-refractivity contribution in [3.8, 4) is 0 Å². The molecule has 0 aliphatic rings. The summed E-state index contributed by atoms with van der Waals surface area (Å²) in [6.45, 7) is 5.87. The minimum atomic E-state index is 0.414. The van der Waals surface area contributed by atoms with Gasteiger partial charge in [0.2, 0.25) is 0 Å². The van der Waals surface area contributed by atoms with Crippen LogP contribution in [-0.4, -0.2) is 23.1 Å². The Balaban J connectivity index is 2.19. The van der Waals surface area contributed by atoms with Crippen LogP contribution in [0.3, 0.4) is 0 Å². The highest BCUT2D eigenvalue weighted by Gasteiger charge is 2.05. The summed E-state index contributed by atoms with van der Waals surface area (Å²) in [6, 6.07) is 10.1. The summed E-state index contributed by atoms with van der Waals surface area (Å²) in [5, 5.41) is 6.51. The van der Waals surface area contributed by atoms with E-state index in [4.69, 9.17) is 4.74 Å². The van der Waals surface area contributed by atoms with E-state index < -0.39 is 0 Å². The summed E-state index contributed by atoms with van der Waals surface area (Å²) in [4.78, 5) is 8.91. The third kappa shape index (κ3) is 5.13. The minimum Gasteiger partial charge on any atom is -0.374 e. The van der Waals surface area contributed by atoms with E-state index in [2.05, 4.69) is 55.3 Å². The second kappa shape index (κ2) is 8.14. The van der Waals surface area contributed by atoms with Crippen LogP contribution in [0.1, 0.15) is 19.7 Å². The van der Waals surface area contributed by atoms with E-state index >= 15 is 0 Å². The van der Waals surface area contributed by atoms with Crippen LogP contribution in [0.4, 0.5) is 17.3 Å². The van der Waals surface area contributed by atoms with Crippen LogP contribution < -0.4 is 10.6 Å². The molecule has 0 unspecified atom stereocenters. The lowest BCUT2D eigenvalue weighted by Crippen LogP contribution is -2.07. The first-order chi connectivity index (χ1) is 10.2. The average Bonchev–Trinajstić information content (AvgIpc) is 2.48. The first-order valence-electron chi connectivity index (χ1n) is 6.93. The number of benzene rings is 1. The van der Waals surface area contributed by atoms with Crippen molar-refractivity contribution in [2.45, 2.75) is 20.5 Å². The molecule has 2 rings (SSSR count). The Morgan fingerprint density at radius 3 is 2.48 bits per heavy atom. The predicted octanol–water partition coefficient (Wildman–Crippen LogP) is 3.79. The molecule has 1 aromatic carbocycles. The molecule has 1 heterocycles. The van der Waals surface area contributed by atoms with Gasteiger partial charge in [0.05, 0.1) is 0 Å². The van der Waals surface area contributed by atoms with Crippen LogP contribution in [0.5, 0.6) is 0 Å². The highest BCUT2D eigenvalue weighted by atomic mass is 127. The van der Waals surface area contributed by atoms with E-state index in [1.54, 1.807) is 0 Å². The fourth-order valence-corrected chi connectivity index (χ4v) is 2.13. The van der Waals surface area contributed by atoms with Crippen molar-refractivity contribution >= 4 is 39.9 Å². The SMILES string of the molecule is CCNc1cc(Nc2ccc(I)cc2)nc(COCC)n1. The molecule has 2 N–H and O–H groups in total. The monoisotopic (exact) mass is 398 g/mol. The van der Waals surface area contributed by atoms with E-state index in [0.717, 1.165) is 23.9 Å². The van der Waals surface area contributed by atoms with Crippen molar-refractivity contribution in [2.75, 3.05) is 23.8 Å². The maximum atomic E-state index is 5.39. The number of nitrogens with one attached hydrogen (secondary N) is 2. The van der Waals surface area contributed by atoms with E-state index in [1.165, 1.54) is 3.57 Å². The van der Waals surface area contributed by atoms with E-state index in [9.17, 15) is 0 Å². The summed E-state index contributed by atoms with van der Waals surface area (Å²) in [5.41, 5.74) is 0.999. The van der Waals surface area contributed by atoms with Gasteiger partial charge < -0.3 is 15.4 Å². The molecule has 0 atom stereocenters. The minimum absolute atomic E-state index is 0.414. The van der Waals surface area contributed by atoms with Crippen LogP contribution in [-0.2, 0) is 11.3 Å². The number of halogens is 1. The first kappa shape index (κ1) is 16.0. The zero-order valence-corrected chi connectivity index (χ0v) is 14.3. The molecule has 112 valence electrons. The molecule has 6 heteroatoms. The zero-order valence-electron chi connectivity index (χ0n) is 12.2. The van der Waals surface area contributed by atoms with Gasteiger partial charge in [0.1, 0.15) is 18.2 Å². The number of hydrogen-bond acceptors (Lipinski definition) is 5. The molecule has 0 spiro atoms. The molecule has 5 nitrogen and oxygen atoms in total. The molecule has 0 radical (unpaired) electrons. The summed E-state index contributed by atoms with van der Waals surface area (Å²) >= 11 is 2.28. The van der Waals surface area contributed by atoms with Gasteiger partial charge in [-0.25, -0.2) is 9.97 Å². The number of aromatic nitrogens is 2. The van der Waals surface area contributed by atoms with Gasteiger partial charge in [-0.15, -0.1) is 0 Å². The molecule has 0 saturated heterocycles. The van der Waals surface area contributed by atoms with Gasteiger partial charge in [0.15, 0.2) is 5.82 Å². The molecule has 0 fully saturated rings. The molecule has 0 aliphatic carbocycles. The number of rotatable bonds is 7. The van der Waals surface area contributed by atoms with Crippen LogP contribution in [0.25, 0.3) is 0 Å². The fourth-order valence-electron chi connectivity index (χ4n) is 1.77. The highest BCUT2D eigenvalue weighted by Crippen LogP contribution is 2.19. The fraction of sp³-hybridized carbons (Fsp3) is 0.333. The second-order valence-corrected chi connectivity index (χ2v) is 5.60. The maximum absolute atomic E-state index is 5.39. The number of nitrogens with zero attached hydrogens (tertiary/aromatic N) is 2. The summed E-state index contributed by atoms with van der Waals surface area (Å²) < 4.78 is 6.59. The van der Waals surface area contributed by atoms with Crippen molar-refractivity contribution in [1.82, 2.24) is 9.97 Å². The highest BCUT2D eigenvalue weighted by molar-refractivity contribution is 14.1. The number of anilines is 3. The first-order valence-corrected chi connectivity index (χ1v) is 8.01. The standard InChI is InChI=1S/C15H19IN4O/c1-3-17-13-9-14(20-15(19-13)10-21-4-2)18-12-7-5-11(16)6-8-12/h5-9H,3-4,10H2,1-2H3,(H2,17,18,19,20). The van der Waals surface area contributed by atoms with E-state index in [0.29, 0.717) is 19.0 Å². The second-order valence-electron chi connectivity index (χ2n) is 4.35. The average molecular weight is 398 g/mol. The van der Waals surface area contributed by atoms with Gasteiger partial charge in [-0.3, -0.25) is 0 Å². The van der Waals surface area contributed by atoms with Gasteiger partial charge in [0.25, 0.3) is 0 Å². The lowest BCUT2D eigenvalue weighted by atomic mass is 10.3. The molecular weight excluding hydrogens is 379 g/mol. The topological polar surface area (TPSA) is 59.1 Å². The van der Waals surface area contributed by atoms with Crippen LogP contribution in [0.15, 0.2) is 30.3 Å². The van der Waals surface area contributed by atoms with Crippen LogP contribution in [0.2, 0.25) is 0 Å². The Morgan fingerprint density at radius 2 is 1.81 bits per heavy atom. The Bertz CT molecular complexity index is 574. The molecule has 0 bridgehead atoms. The van der Waals surface area contributed by atoms with Crippen LogP contribution >= 0.6 is 22.6 Å². The Kier molecular flexibility index (Phi) is 6.19. The quantitative estimate of drug-likeness (QED) is 0.695. The van der Waals surface area contributed by atoms with Crippen molar-refractivity contribution in [1.29, 1.82) is 0 Å².